The molecule has 1 aromatic rings. The Bertz CT molecular complexity index is 671. The van der Waals surface area contributed by atoms with Crippen molar-refractivity contribution in [2.45, 2.75) is 26.2 Å². The molecule has 5 nitrogen and oxygen atoms in total. The summed E-state index contributed by atoms with van der Waals surface area (Å²) in [6, 6.07) is 7.46. The second kappa shape index (κ2) is 5.18. The quantitative estimate of drug-likeness (QED) is 0.868. The summed E-state index contributed by atoms with van der Waals surface area (Å²) in [5.74, 6) is -0.190. The van der Waals surface area contributed by atoms with Crippen molar-refractivity contribution in [3.8, 4) is 0 Å². The summed E-state index contributed by atoms with van der Waals surface area (Å²) in [5.41, 5.74) is 1.67. The van der Waals surface area contributed by atoms with Crippen LogP contribution in [0.2, 0.25) is 0 Å². The zero-order valence-electron chi connectivity index (χ0n) is 13.1. The predicted octanol–water partition coefficient (Wildman–Crippen LogP) is 1.96. The van der Waals surface area contributed by atoms with E-state index in [1.807, 2.05) is 31.2 Å². The van der Waals surface area contributed by atoms with Crippen LogP contribution in [-0.2, 0) is 14.4 Å². The number of hydrogen-bond acceptors (Lipinski definition) is 3. The van der Waals surface area contributed by atoms with Crippen molar-refractivity contribution in [1.29, 1.82) is 0 Å². The van der Waals surface area contributed by atoms with E-state index in [1.54, 1.807) is 0 Å². The third kappa shape index (κ3) is 2.18. The van der Waals surface area contributed by atoms with Gasteiger partial charge in [0, 0.05) is 5.69 Å². The number of carbonyl (C=O) groups is 3. The Labute approximate surface area is 135 Å². The van der Waals surface area contributed by atoms with Gasteiger partial charge in [0.25, 0.3) is 0 Å². The number of aryl methyl sites for hydroxylation is 1. The summed E-state index contributed by atoms with van der Waals surface area (Å²) in [5, 5.41) is 2.80. The molecule has 4 rings (SSSR count). The minimum Gasteiger partial charge on any atom is -0.324 e. The second-order valence-electron chi connectivity index (χ2n) is 7.01. The molecule has 2 bridgehead atoms. The molecule has 1 saturated heterocycles. The number of amides is 3. The standard InChI is InChI=1S/C18H20N2O3/c1-10-4-2-3-5-13(10)19-14(21)9-20-17(22)15-11-6-7-12(8-11)16(15)18(20)23/h2-5,11-12,15-16H,6-9H2,1H3,(H,19,21)/t11-,12-,15-,16-/m0/s1. The monoisotopic (exact) mass is 312 g/mol. The number of likely N-dealkylation sites (tertiary alicyclic amines) is 1. The molecule has 0 unspecified atom stereocenters. The van der Waals surface area contributed by atoms with E-state index >= 15 is 0 Å². The lowest BCUT2D eigenvalue weighted by Gasteiger charge is -2.19. The first-order valence-corrected chi connectivity index (χ1v) is 8.27. The number of carbonyl (C=O) groups excluding carboxylic acids is 3. The summed E-state index contributed by atoms with van der Waals surface area (Å²) >= 11 is 0. The van der Waals surface area contributed by atoms with Crippen molar-refractivity contribution in [2.24, 2.45) is 23.7 Å². The Morgan fingerprint density at radius 3 is 2.35 bits per heavy atom. The molecule has 3 amide bonds. The van der Waals surface area contributed by atoms with Gasteiger partial charge in [-0.25, -0.2) is 0 Å². The molecular weight excluding hydrogens is 292 g/mol. The molecule has 1 heterocycles. The third-order valence-electron chi connectivity index (χ3n) is 5.74. The Kier molecular flexibility index (Phi) is 3.25. The van der Waals surface area contributed by atoms with E-state index in [1.165, 1.54) is 4.90 Å². The number of nitrogens with zero attached hydrogens (tertiary/aromatic N) is 1. The highest BCUT2D eigenvalue weighted by molar-refractivity contribution is 6.09. The van der Waals surface area contributed by atoms with Crippen LogP contribution in [0.25, 0.3) is 0 Å². The van der Waals surface area contributed by atoms with Crippen LogP contribution in [0.5, 0.6) is 0 Å². The molecular formula is C18H20N2O3. The van der Waals surface area contributed by atoms with Gasteiger partial charge in [-0.05, 0) is 49.7 Å². The molecule has 120 valence electrons. The van der Waals surface area contributed by atoms with Crippen LogP contribution in [0.1, 0.15) is 24.8 Å². The maximum Gasteiger partial charge on any atom is 0.244 e. The van der Waals surface area contributed by atoms with Gasteiger partial charge >= 0.3 is 0 Å². The van der Waals surface area contributed by atoms with Crippen molar-refractivity contribution in [1.82, 2.24) is 4.90 Å². The average Bonchev–Trinajstić information content (AvgIpc) is 3.19. The number of nitrogens with one attached hydrogen (secondary N) is 1. The molecule has 0 radical (unpaired) electrons. The molecule has 1 aliphatic heterocycles. The zero-order valence-corrected chi connectivity index (χ0v) is 13.1. The SMILES string of the molecule is Cc1ccccc1NC(=O)CN1C(=O)[C@H]2[C@H]3CC[C@@H](C3)[C@@H]2C1=O. The molecule has 3 fully saturated rings. The molecule has 2 aliphatic carbocycles. The molecule has 2 saturated carbocycles. The van der Waals surface area contributed by atoms with Crippen LogP contribution in [0, 0.1) is 30.6 Å². The summed E-state index contributed by atoms with van der Waals surface area (Å²) in [7, 11) is 0. The highest BCUT2D eigenvalue weighted by Gasteiger charge is 2.60. The third-order valence-corrected chi connectivity index (χ3v) is 5.74. The average molecular weight is 312 g/mol. The molecule has 1 N–H and O–H groups in total. The van der Waals surface area contributed by atoms with Crippen LogP contribution in [0.15, 0.2) is 24.3 Å². The topological polar surface area (TPSA) is 66.5 Å². The smallest absolute Gasteiger partial charge is 0.244 e. The fraction of sp³-hybridized carbons (Fsp3) is 0.500. The Balaban J connectivity index is 1.47. The van der Waals surface area contributed by atoms with E-state index in [0.717, 1.165) is 30.5 Å². The molecule has 23 heavy (non-hydrogen) atoms. The van der Waals surface area contributed by atoms with Crippen LogP contribution >= 0.6 is 0 Å². The first-order valence-electron chi connectivity index (χ1n) is 8.27. The van der Waals surface area contributed by atoms with E-state index in [0.29, 0.717) is 11.8 Å². The van der Waals surface area contributed by atoms with E-state index < -0.39 is 0 Å². The lowest BCUT2D eigenvalue weighted by atomic mass is 9.81. The van der Waals surface area contributed by atoms with Gasteiger partial charge < -0.3 is 5.32 Å². The van der Waals surface area contributed by atoms with Crippen molar-refractivity contribution in [2.75, 3.05) is 11.9 Å². The maximum atomic E-state index is 12.6. The van der Waals surface area contributed by atoms with Crippen LogP contribution in [0.3, 0.4) is 0 Å². The number of imide groups is 1. The van der Waals surface area contributed by atoms with Crippen molar-refractivity contribution in [3.05, 3.63) is 29.8 Å². The van der Waals surface area contributed by atoms with Gasteiger partial charge in [0.1, 0.15) is 6.54 Å². The van der Waals surface area contributed by atoms with E-state index in [9.17, 15) is 14.4 Å². The van der Waals surface area contributed by atoms with Crippen molar-refractivity contribution < 1.29 is 14.4 Å². The van der Waals surface area contributed by atoms with Crippen molar-refractivity contribution in [3.63, 3.8) is 0 Å². The van der Waals surface area contributed by atoms with E-state index in [4.69, 9.17) is 0 Å². The summed E-state index contributed by atoms with van der Waals surface area (Å²) in [6.45, 7) is 1.74. The minimum atomic E-state index is -0.312. The zero-order chi connectivity index (χ0) is 16.1. The van der Waals surface area contributed by atoms with E-state index in [2.05, 4.69) is 5.32 Å². The molecule has 3 aliphatic rings. The number of para-hydroxylation sites is 1. The van der Waals surface area contributed by atoms with Crippen molar-refractivity contribution >= 4 is 23.4 Å². The minimum absolute atomic E-state index is 0.132. The van der Waals surface area contributed by atoms with Gasteiger partial charge in [-0.2, -0.15) is 0 Å². The molecule has 1 aromatic carbocycles. The number of fused-ring (bicyclic) bond motifs is 5. The van der Waals surface area contributed by atoms with Gasteiger partial charge in [0.15, 0.2) is 0 Å². The summed E-state index contributed by atoms with van der Waals surface area (Å²) in [4.78, 5) is 38.6. The van der Waals surface area contributed by atoms with Gasteiger partial charge in [0.05, 0.1) is 11.8 Å². The number of hydrogen-bond donors (Lipinski definition) is 1. The van der Waals surface area contributed by atoms with Gasteiger partial charge in [-0.15, -0.1) is 0 Å². The van der Waals surface area contributed by atoms with Gasteiger partial charge in [-0.1, -0.05) is 18.2 Å². The highest BCUT2D eigenvalue weighted by atomic mass is 16.2. The first-order chi connectivity index (χ1) is 11.1. The van der Waals surface area contributed by atoms with E-state index in [-0.39, 0.29) is 36.1 Å². The number of anilines is 1. The molecule has 4 atom stereocenters. The number of benzene rings is 1. The van der Waals surface area contributed by atoms with Crippen LogP contribution in [0.4, 0.5) is 5.69 Å². The normalized spacial score (nSPS) is 31.6. The van der Waals surface area contributed by atoms with Crippen LogP contribution < -0.4 is 5.32 Å². The van der Waals surface area contributed by atoms with Crippen LogP contribution in [-0.4, -0.2) is 29.2 Å². The fourth-order valence-corrected chi connectivity index (χ4v) is 4.67. The fourth-order valence-electron chi connectivity index (χ4n) is 4.67. The first kappa shape index (κ1) is 14.4. The second-order valence-corrected chi connectivity index (χ2v) is 7.01. The summed E-state index contributed by atoms with van der Waals surface area (Å²) in [6.07, 6.45) is 3.11. The maximum absolute atomic E-state index is 12.6. The Morgan fingerprint density at radius 1 is 1.13 bits per heavy atom. The lowest BCUT2D eigenvalue weighted by molar-refractivity contribution is -0.143. The Hall–Kier alpha value is -2.17. The molecule has 5 heteroatoms. The Morgan fingerprint density at radius 2 is 1.74 bits per heavy atom. The largest absolute Gasteiger partial charge is 0.324 e. The highest BCUT2D eigenvalue weighted by Crippen LogP contribution is 2.56. The molecule has 0 spiro atoms. The van der Waals surface area contributed by atoms with Gasteiger partial charge in [-0.3, -0.25) is 19.3 Å². The predicted molar refractivity (Wildman–Crippen MR) is 84.3 cm³/mol. The summed E-state index contributed by atoms with van der Waals surface area (Å²) < 4.78 is 0. The number of rotatable bonds is 3. The van der Waals surface area contributed by atoms with Gasteiger partial charge in [0.2, 0.25) is 17.7 Å². The molecule has 0 aromatic heterocycles. The lowest BCUT2D eigenvalue weighted by Crippen LogP contribution is -2.39.